The zero-order valence-electron chi connectivity index (χ0n) is 12.6. The summed E-state index contributed by atoms with van der Waals surface area (Å²) in [7, 11) is 0. The van der Waals surface area contributed by atoms with Crippen LogP contribution in [0.25, 0.3) is 0 Å². The molecule has 3 nitrogen and oxygen atoms in total. The van der Waals surface area contributed by atoms with Crippen LogP contribution in [0.5, 0.6) is 0 Å². The number of halogens is 2. The molecule has 1 saturated heterocycles. The monoisotopic (exact) mass is 332 g/mol. The Hall–Kier alpha value is -1.91. The van der Waals surface area contributed by atoms with Gasteiger partial charge in [-0.15, -0.1) is 0 Å². The van der Waals surface area contributed by atoms with Crippen molar-refractivity contribution in [2.45, 2.75) is 12.5 Å². The van der Waals surface area contributed by atoms with Crippen LogP contribution < -0.4 is 5.32 Å². The summed E-state index contributed by atoms with van der Waals surface area (Å²) < 4.78 is 13.8. The number of benzene rings is 2. The van der Waals surface area contributed by atoms with Crippen molar-refractivity contribution in [2.24, 2.45) is 0 Å². The lowest BCUT2D eigenvalue weighted by molar-refractivity contribution is -0.133. The predicted octanol–water partition coefficient (Wildman–Crippen LogP) is 3.19. The van der Waals surface area contributed by atoms with Gasteiger partial charge in [0.1, 0.15) is 5.82 Å². The average molecular weight is 333 g/mol. The number of nitrogens with zero attached hydrogens (tertiary/aromatic N) is 1. The van der Waals surface area contributed by atoms with Crippen molar-refractivity contribution in [3.05, 3.63) is 70.5 Å². The van der Waals surface area contributed by atoms with Crippen LogP contribution in [-0.2, 0) is 11.2 Å². The van der Waals surface area contributed by atoms with Gasteiger partial charge in [-0.1, -0.05) is 41.9 Å². The number of carbonyl (C=O) groups excluding carboxylic acids is 1. The van der Waals surface area contributed by atoms with E-state index in [0.29, 0.717) is 23.7 Å². The molecule has 0 aromatic heterocycles. The highest BCUT2D eigenvalue weighted by molar-refractivity contribution is 6.30. The van der Waals surface area contributed by atoms with Gasteiger partial charge < -0.3 is 10.2 Å². The van der Waals surface area contributed by atoms with Gasteiger partial charge in [0, 0.05) is 24.7 Å². The lowest BCUT2D eigenvalue weighted by Gasteiger charge is -2.36. The van der Waals surface area contributed by atoms with E-state index >= 15 is 0 Å². The molecule has 2 aromatic rings. The number of amides is 1. The van der Waals surface area contributed by atoms with E-state index in [4.69, 9.17) is 11.6 Å². The van der Waals surface area contributed by atoms with Crippen molar-refractivity contribution >= 4 is 17.5 Å². The lowest BCUT2D eigenvalue weighted by atomic mass is 10.0. The Morgan fingerprint density at radius 2 is 2.09 bits per heavy atom. The minimum absolute atomic E-state index is 0.0680. The fraction of sp³-hybridized carbons (Fsp3) is 0.278. The fourth-order valence-electron chi connectivity index (χ4n) is 2.92. The van der Waals surface area contributed by atoms with Crippen molar-refractivity contribution in [2.75, 3.05) is 19.6 Å². The molecule has 1 aliphatic heterocycles. The van der Waals surface area contributed by atoms with E-state index in [9.17, 15) is 9.18 Å². The third-order valence-corrected chi connectivity index (χ3v) is 4.33. The Kier molecular flexibility index (Phi) is 4.94. The van der Waals surface area contributed by atoms with Gasteiger partial charge in [0.15, 0.2) is 0 Å². The minimum Gasteiger partial charge on any atom is -0.333 e. The standard InChI is InChI=1S/C18H18ClFN2O/c19-15-6-3-5-14(10-15)17-12-21-8-9-22(17)18(23)11-13-4-1-2-7-16(13)20/h1-7,10,17,21H,8-9,11-12H2. The Labute approximate surface area is 140 Å². The molecule has 1 fully saturated rings. The molecule has 3 rings (SSSR count). The van der Waals surface area contributed by atoms with Gasteiger partial charge in [0.25, 0.3) is 0 Å². The summed E-state index contributed by atoms with van der Waals surface area (Å²) in [4.78, 5) is 14.5. The van der Waals surface area contributed by atoms with Crippen molar-refractivity contribution in [1.29, 1.82) is 0 Å². The molecule has 0 spiro atoms. The van der Waals surface area contributed by atoms with E-state index in [1.54, 1.807) is 18.2 Å². The quantitative estimate of drug-likeness (QED) is 0.936. The number of hydrogen-bond acceptors (Lipinski definition) is 2. The number of hydrogen-bond donors (Lipinski definition) is 1. The van der Waals surface area contributed by atoms with Crippen LogP contribution in [0.3, 0.4) is 0 Å². The summed E-state index contributed by atoms with van der Waals surface area (Å²) >= 11 is 6.07. The van der Waals surface area contributed by atoms with Crippen LogP contribution in [0.1, 0.15) is 17.2 Å². The maximum absolute atomic E-state index is 13.8. The first kappa shape index (κ1) is 16.0. The van der Waals surface area contributed by atoms with Crippen molar-refractivity contribution < 1.29 is 9.18 Å². The highest BCUT2D eigenvalue weighted by Crippen LogP contribution is 2.25. The highest BCUT2D eigenvalue weighted by atomic mass is 35.5. The van der Waals surface area contributed by atoms with E-state index in [0.717, 1.165) is 12.1 Å². The van der Waals surface area contributed by atoms with Crippen LogP contribution in [0.2, 0.25) is 5.02 Å². The van der Waals surface area contributed by atoms with Crippen LogP contribution in [-0.4, -0.2) is 30.4 Å². The van der Waals surface area contributed by atoms with E-state index in [1.807, 2.05) is 29.2 Å². The first-order valence-corrected chi connectivity index (χ1v) is 8.02. The third kappa shape index (κ3) is 3.71. The Balaban J connectivity index is 1.81. The van der Waals surface area contributed by atoms with Gasteiger partial charge in [0.2, 0.25) is 5.91 Å². The summed E-state index contributed by atoms with van der Waals surface area (Å²) in [5.41, 5.74) is 1.42. The molecular weight excluding hydrogens is 315 g/mol. The van der Waals surface area contributed by atoms with Crippen LogP contribution >= 0.6 is 11.6 Å². The molecule has 1 aliphatic rings. The molecule has 1 N–H and O–H groups in total. The van der Waals surface area contributed by atoms with Gasteiger partial charge in [-0.2, -0.15) is 0 Å². The number of piperazine rings is 1. The maximum atomic E-state index is 13.8. The average Bonchev–Trinajstić information content (AvgIpc) is 2.57. The van der Waals surface area contributed by atoms with Gasteiger partial charge in [-0.05, 0) is 29.3 Å². The second kappa shape index (κ2) is 7.11. The van der Waals surface area contributed by atoms with Crippen LogP contribution in [0, 0.1) is 5.82 Å². The normalized spacial score (nSPS) is 18.0. The van der Waals surface area contributed by atoms with Crippen molar-refractivity contribution in [1.82, 2.24) is 10.2 Å². The third-order valence-electron chi connectivity index (χ3n) is 4.10. The number of carbonyl (C=O) groups is 1. The zero-order chi connectivity index (χ0) is 16.2. The number of rotatable bonds is 3. The predicted molar refractivity (Wildman–Crippen MR) is 88.9 cm³/mol. The zero-order valence-corrected chi connectivity index (χ0v) is 13.4. The van der Waals surface area contributed by atoms with Gasteiger partial charge >= 0.3 is 0 Å². The highest BCUT2D eigenvalue weighted by Gasteiger charge is 2.28. The lowest BCUT2D eigenvalue weighted by Crippen LogP contribution is -2.49. The molecule has 2 aromatic carbocycles. The topological polar surface area (TPSA) is 32.3 Å². The SMILES string of the molecule is O=C(Cc1ccccc1F)N1CCNCC1c1cccc(Cl)c1. The summed E-state index contributed by atoms with van der Waals surface area (Å²) in [6.45, 7) is 2.01. The Morgan fingerprint density at radius 1 is 1.26 bits per heavy atom. The molecule has 1 amide bonds. The van der Waals surface area contributed by atoms with Gasteiger partial charge in [-0.3, -0.25) is 4.79 Å². The fourth-order valence-corrected chi connectivity index (χ4v) is 3.12. The van der Waals surface area contributed by atoms with E-state index < -0.39 is 0 Å². The van der Waals surface area contributed by atoms with E-state index in [1.165, 1.54) is 6.07 Å². The summed E-state index contributed by atoms with van der Waals surface area (Å²) in [6, 6.07) is 13.9. The largest absolute Gasteiger partial charge is 0.333 e. The first-order valence-electron chi connectivity index (χ1n) is 7.64. The summed E-state index contributed by atoms with van der Waals surface area (Å²) in [6.07, 6.45) is 0.0732. The molecule has 1 atom stereocenters. The second-order valence-corrected chi connectivity index (χ2v) is 6.07. The molecule has 0 saturated carbocycles. The molecule has 0 aliphatic carbocycles. The molecule has 0 radical (unpaired) electrons. The molecule has 5 heteroatoms. The molecule has 23 heavy (non-hydrogen) atoms. The second-order valence-electron chi connectivity index (χ2n) is 5.63. The van der Waals surface area contributed by atoms with Crippen molar-refractivity contribution in [3.63, 3.8) is 0 Å². The maximum Gasteiger partial charge on any atom is 0.227 e. The van der Waals surface area contributed by atoms with E-state index in [2.05, 4.69) is 5.32 Å². The summed E-state index contributed by atoms with van der Waals surface area (Å²) in [5, 5.41) is 3.95. The van der Waals surface area contributed by atoms with E-state index in [-0.39, 0.29) is 24.2 Å². The summed E-state index contributed by atoms with van der Waals surface area (Å²) in [5.74, 6) is -0.406. The minimum atomic E-state index is -0.338. The molecular formula is C18H18ClFN2O. The van der Waals surface area contributed by atoms with Crippen LogP contribution in [0.4, 0.5) is 4.39 Å². The molecule has 1 heterocycles. The van der Waals surface area contributed by atoms with Gasteiger partial charge in [-0.25, -0.2) is 4.39 Å². The Morgan fingerprint density at radius 3 is 2.87 bits per heavy atom. The smallest absolute Gasteiger partial charge is 0.227 e. The Bertz CT molecular complexity index is 707. The molecule has 1 unspecified atom stereocenters. The van der Waals surface area contributed by atoms with Gasteiger partial charge in [0.05, 0.1) is 12.5 Å². The molecule has 120 valence electrons. The number of nitrogens with one attached hydrogen (secondary N) is 1. The van der Waals surface area contributed by atoms with Crippen molar-refractivity contribution in [3.8, 4) is 0 Å². The van der Waals surface area contributed by atoms with Crippen LogP contribution in [0.15, 0.2) is 48.5 Å². The molecule has 0 bridgehead atoms. The first-order chi connectivity index (χ1) is 11.1.